The second-order valence-corrected chi connectivity index (χ2v) is 5.99. The van der Waals surface area contributed by atoms with Crippen molar-refractivity contribution in [1.29, 1.82) is 0 Å². The van der Waals surface area contributed by atoms with E-state index in [4.69, 9.17) is 4.98 Å². The summed E-state index contributed by atoms with van der Waals surface area (Å²) in [5.41, 5.74) is 4.29. The average molecular weight is 292 g/mol. The van der Waals surface area contributed by atoms with Gasteiger partial charge in [0.05, 0.1) is 6.04 Å². The molecular formula is C18H20N4. The summed E-state index contributed by atoms with van der Waals surface area (Å²) in [5, 5.41) is 3.61. The van der Waals surface area contributed by atoms with Gasteiger partial charge in [-0.15, -0.1) is 0 Å². The Morgan fingerprint density at radius 2 is 2.14 bits per heavy atom. The molecule has 0 amide bonds. The van der Waals surface area contributed by atoms with Crippen LogP contribution in [0.4, 0.5) is 0 Å². The van der Waals surface area contributed by atoms with Gasteiger partial charge in [0.25, 0.3) is 0 Å². The molecule has 1 saturated heterocycles. The number of rotatable bonds is 2. The van der Waals surface area contributed by atoms with E-state index in [2.05, 4.69) is 46.1 Å². The summed E-state index contributed by atoms with van der Waals surface area (Å²) in [6, 6.07) is 12.8. The molecule has 0 bridgehead atoms. The first-order chi connectivity index (χ1) is 10.8. The quantitative estimate of drug-likeness (QED) is 0.785. The number of fused-ring (bicyclic) bond motifs is 1. The monoisotopic (exact) mass is 292 g/mol. The zero-order chi connectivity index (χ0) is 14.9. The molecule has 22 heavy (non-hydrogen) atoms. The van der Waals surface area contributed by atoms with Crippen molar-refractivity contribution in [3.8, 4) is 5.69 Å². The Hall–Kier alpha value is -2.20. The van der Waals surface area contributed by atoms with Crippen LogP contribution in [0.2, 0.25) is 0 Å². The summed E-state index contributed by atoms with van der Waals surface area (Å²) >= 11 is 0. The largest absolute Gasteiger partial charge is 0.307 e. The van der Waals surface area contributed by atoms with Gasteiger partial charge in [0.15, 0.2) is 5.65 Å². The minimum absolute atomic E-state index is 0.309. The van der Waals surface area contributed by atoms with Gasteiger partial charge in [0, 0.05) is 11.9 Å². The minimum Gasteiger partial charge on any atom is -0.307 e. The van der Waals surface area contributed by atoms with E-state index in [0.717, 1.165) is 35.6 Å². The second kappa shape index (κ2) is 5.54. The van der Waals surface area contributed by atoms with Gasteiger partial charge in [-0.05, 0) is 56.1 Å². The van der Waals surface area contributed by atoms with E-state index in [0.29, 0.717) is 6.04 Å². The Morgan fingerprint density at radius 1 is 1.18 bits per heavy atom. The van der Waals surface area contributed by atoms with Crippen LogP contribution in [-0.2, 0) is 0 Å². The number of piperidine rings is 1. The third kappa shape index (κ3) is 2.29. The van der Waals surface area contributed by atoms with E-state index < -0.39 is 0 Å². The van der Waals surface area contributed by atoms with Crippen LogP contribution >= 0.6 is 0 Å². The normalized spacial score (nSPS) is 18.7. The van der Waals surface area contributed by atoms with Gasteiger partial charge in [0.2, 0.25) is 0 Å². The highest BCUT2D eigenvalue weighted by atomic mass is 15.2. The SMILES string of the molecule is Cc1cccc(-n2c(C3CCCCN3)nc3cccnc32)c1. The lowest BCUT2D eigenvalue weighted by Gasteiger charge is -2.24. The van der Waals surface area contributed by atoms with Gasteiger partial charge in [-0.25, -0.2) is 9.97 Å². The predicted molar refractivity (Wildman–Crippen MR) is 88.2 cm³/mol. The summed E-state index contributed by atoms with van der Waals surface area (Å²) in [4.78, 5) is 9.46. The van der Waals surface area contributed by atoms with E-state index >= 15 is 0 Å². The molecular weight excluding hydrogens is 272 g/mol. The molecule has 2 aromatic heterocycles. The number of pyridine rings is 1. The molecule has 0 spiro atoms. The Labute approximate surface area is 130 Å². The minimum atomic E-state index is 0.309. The van der Waals surface area contributed by atoms with E-state index in [9.17, 15) is 0 Å². The second-order valence-electron chi connectivity index (χ2n) is 5.99. The maximum Gasteiger partial charge on any atom is 0.164 e. The zero-order valence-electron chi connectivity index (χ0n) is 12.8. The zero-order valence-corrected chi connectivity index (χ0v) is 12.8. The molecule has 4 heteroatoms. The van der Waals surface area contributed by atoms with Crippen molar-refractivity contribution in [1.82, 2.24) is 19.9 Å². The van der Waals surface area contributed by atoms with Crippen LogP contribution in [0.3, 0.4) is 0 Å². The van der Waals surface area contributed by atoms with E-state index in [-0.39, 0.29) is 0 Å². The van der Waals surface area contributed by atoms with Crippen LogP contribution in [0.15, 0.2) is 42.6 Å². The summed E-state index contributed by atoms with van der Waals surface area (Å²) in [6.07, 6.45) is 5.48. The lowest BCUT2D eigenvalue weighted by Crippen LogP contribution is -2.29. The fourth-order valence-corrected chi connectivity index (χ4v) is 3.26. The first-order valence-corrected chi connectivity index (χ1v) is 7.97. The van der Waals surface area contributed by atoms with Crippen molar-refractivity contribution < 1.29 is 0 Å². The molecule has 1 atom stereocenters. The van der Waals surface area contributed by atoms with E-state index in [1.54, 1.807) is 0 Å². The molecule has 0 radical (unpaired) electrons. The van der Waals surface area contributed by atoms with Crippen LogP contribution < -0.4 is 5.32 Å². The van der Waals surface area contributed by atoms with Crippen molar-refractivity contribution in [2.45, 2.75) is 32.2 Å². The maximum atomic E-state index is 4.88. The van der Waals surface area contributed by atoms with Crippen LogP contribution in [0, 0.1) is 6.92 Å². The number of benzene rings is 1. The number of hydrogen-bond donors (Lipinski definition) is 1. The summed E-state index contributed by atoms with van der Waals surface area (Å²) in [5.74, 6) is 1.08. The van der Waals surface area contributed by atoms with Gasteiger partial charge in [0.1, 0.15) is 11.3 Å². The fourth-order valence-electron chi connectivity index (χ4n) is 3.26. The highest BCUT2D eigenvalue weighted by Crippen LogP contribution is 2.28. The molecule has 4 rings (SSSR count). The summed E-state index contributed by atoms with van der Waals surface area (Å²) < 4.78 is 2.21. The lowest BCUT2D eigenvalue weighted by atomic mass is 10.0. The Balaban J connectivity index is 1.93. The van der Waals surface area contributed by atoms with Crippen molar-refractivity contribution in [2.75, 3.05) is 6.54 Å². The van der Waals surface area contributed by atoms with Gasteiger partial charge < -0.3 is 5.32 Å². The molecule has 3 aromatic rings. The molecule has 1 aromatic carbocycles. The van der Waals surface area contributed by atoms with Crippen molar-refractivity contribution in [3.63, 3.8) is 0 Å². The Kier molecular flexibility index (Phi) is 3.39. The van der Waals surface area contributed by atoms with Crippen molar-refractivity contribution in [2.24, 2.45) is 0 Å². The summed E-state index contributed by atoms with van der Waals surface area (Å²) in [7, 11) is 0. The number of imidazole rings is 1. The van der Waals surface area contributed by atoms with E-state index in [1.165, 1.54) is 18.4 Å². The lowest BCUT2D eigenvalue weighted by molar-refractivity contribution is 0.395. The third-order valence-corrected chi connectivity index (χ3v) is 4.32. The van der Waals surface area contributed by atoms with Gasteiger partial charge in [-0.1, -0.05) is 18.6 Å². The Bertz CT molecular complexity index is 800. The molecule has 1 aliphatic rings. The van der Waals surface area contributed by atoms with Gasteiger partial charge in [-0.2, -0.15) is 0 Å². The molecule has 3 heterocycles. The third-order valence-electron chi connectivity index (χ3n) is 4.32. The highest BCUT2D eigenvalue weighted by molar-refractivity contribution is 5.74. The first-order valence-electron chi connectivity index (χ1n) is 7.97. The molecule has 4 nitrogen and oxygen atoms in total. The van der Waals surface area contributed by atoms with Gasteiger partial charge in [-0.3, -0.25) is 4.57 Å². The number of nitrogens with one attached hydrogen (secondary N) is 1. The highest BCUT2D eigenvalue weighted by Gasteiger charge is 2.23. The first kappa shape index (κ1) is 13.5. The smallest absolute Gasteiger partial charge is 0.164 e. The molecule has 1 fully saturated rings. The molecule has 1 unspecified atom stereocenters. The van der Waals surface area contributed by atoms with Crippen molar-refractivity contribution >= 4 is 11.2 Å². The van der Waals surface area contributed by atoms with E-state index in [1.807, 2.05) is 18.3 Å². The van der Waals surface area contributed by atoms with Crippen LogP contribution in [0.1, 0.15) is 36.7 Å². The van der Waals surface area contributed by atoms with Crippen LogP contribution in [0.25, 0.3) is 16.9 Å². The maximum absolute atomic E-state index is 4.88. The topological polar surface area (TPSA) is 42.7 Å². The number of hydrogen-bond acceptors (Lipinski definition) is 3. The Morgan fingerprint density at radius 3 is 2.95 bits per heavy atom. The van der Waals surface area contributed by atoms with Crippen LogP contribution in [0.5, 0.6) is 0 Å². The van der Waals surface area contributed by atoms with Gasteiger partial charge >= 0.3 is 0 Å². The number of aryl methyl sites for hydroxylation is 1. The fraction of sp³-hybridized carbons (Fsp3) is 0.333. The molecule has 0 saturated carbocycles. The van der Waals surface area contributed by atoms with Crippen LogP contribution in [-0.4, -0.2) is 21.1 Å². The average Bonchev–Trinajstić information content (AvgIpc) is 2.95. The molecule has 0 aliphatic carbocycles. The molecule has 1 aliphatic heterocycles. The summed E-state index contributed by atoms with van der Waals surface area (Å²) in [6.45, 7) is 3.18. The standard InChI is InChI=1S/C18H20N4/c1-13-6-4-7-14(12-13)22-17-16(9-5-11-20-17)21-18(22)15-8-2-3-10-19-15/h4-7,9,11-12,15,19H,2-3,8,10H2,1H3. The number of nitrogens with zero attached hydrogens (tertiary/aromatic N) is 3. The number of aromatic nitrogens is 3. The molecule has 1 N–H and O–H groups in total. The van der Waals surface area contributed by atoms with Crippen molar-refractivity contribution in [3.05, 3.63) is 54.0 Å². The molecule has 112 valence electrons. The predicted octanol–water partition coefficient (Wildman–Crippen LogP) is 3.54.